The van der Waals surface area contributed by atoms with E-state index in [1.54, 1.807) is 5.57 Å². The summed E-state index contributed by atoms with van der Waals surface area (Å²) >= 11 is 0. The molecule has 5 rings (SSSR count). The Hall–Kier alpha value is -1.03. The highest BCUT2D eigenvalue weighted by molar-refractivity contribution is 5.68. The van der Waals surface area contributed by atoms with E-state index in [9.17, 15) is 4.79 Å². The summed E-state index contributed by atoms with van der Waals surface area (Å²) in [6.45, 7) is 10.3. The summed E-state index contributed by atoms with van der Waals surface area (Å²) in [6.07, 6.45) is 12.9. The molecule has 4 nitrogen and oxygen atoms in total. The van der Waals surface area contributed by atoms with Crippen LogP contribution in [0, 0.1) is 34.5 Å². The minimum atomic E-state index is -0.158. The van der Waals surface area contributed by atoms with E-state index in [0.717, 1.165) is 42.6 Å². The monoisotopic (exact) mass is 428 g/mol. The Kier molecular flexibility index (Phi) is 5.27. The largest absolute Gasteiger partial charge is 0.447 e. The second kappa shape index (κ2) is 7.50. The van der Waals surface area contributed by atoms with Gasteiger partial charge < -0.3 is 14.5 Å². The van der Waals surface area contributed by atoms with Gasteiger partial charge in [-0.1, -0.05) is 18.6 Å². The van der Waals surface area contributed by atoms with Crippen LogP contribution in [0.5, 0.6) is 0 Å². The number of likely N-dealkylation sites (tertiary alicyclic amines) is 1. The van der Waals surface area contributed by atoms with Crippen molar-refractivity contribution in [3.8, 4) is 0 Å². The number of allylic oxidation sites excluding steroid dienone is 1. The maximum Gasteiger partial charge on any atom is 0.410 e. The molecule has 0 aromatic heterocycles. The van der Waals surface area contributed by atoms with Gasteiger partial charge in [0.2, 0.25) is 0 Å². The minimum absolute atomic E-state index is 0.0550. The lowest BCUT2D eigenvalue weighted by Gasteiger charge is -2.58. The zero-order valence-corrected chi connectivity index (χ0v) is 20.7. The molecule has 0 bridgehead atoms. The number of hydrogen-bond acceptors (Lipinski definition) is 3. The minimum Gasteiger partial charge on any atom is -0.447 e. The van der Waals surface area contributed by atoms with Crippen LogP contribution in [0.25, 0.3) is 0 Å². The molecule has 8 unspecified atom stereocenters. The van der Waals surface area contributed by atoms with Crippen molar-refractivity contribution < 1.29 is 9.53 Å². The van der Waals surface area contributed by atoms with Crippen LogP contribution < -0.4 is 0 Å². The van der Waals surface area contributed by atoms with Gasteiger partial charge in [0.1, 0.15) is 0 Å². The SMILES string of the molecule is CC(C)OC(=O)N(C)C1CCC2(C)C(=CCC3C2CCC24CN(C)C(C)C2CCC34)C1. The van der Waals surface area contributed by atoms with Gasteiger partial charge in [-0.2, -0.15) is 0 Å². The Morgan fingerprint density at radius 2 is 1.90 bits per heavy atom. The van der Waals surface area contributed by atoms with Crippen LogP contribution in [-0.4, -0.2) is 54.7 Å². The number of amides is 1. The zero-order valence-electron chi connectivity index (χ0n) is 20.7. The fraction of sp³-hybridized carbons (Fsp3) is 0.889. The first kappa shape index (κ1) is 21.8. The lowest BCUT2D eigenvalue weighted by atomic mass is 9.47. The molecule has 4 fully saturated rings. The Morgan fingerprint density at radius 1 is 1.16 bits per heavy atom. The summed E-state index contributed by atoms with van der Waals surface area (Å²) in [5, 5.41) is 0. The lowest BCUT2D eigenvalue weighted by Crippen LogP contribution is -2.53. The van der Waals surface area contributed by atoms with Crippen LogP contribution in [0.3, 0.4) is 0 Å². The van der Waals surface area contributed by atoms with Gasteiger partial charge in [0.25, 0.3) is 0 Å². The molecule has 174 valence electrons. The molecule has 1 heterocycles. The second-order valence-corrected chi connectivity index (χ2v) is 12.3. The fourth-order valence-corrected chi connectivity index (χ4v) is 9.21. The highest BCUT2D eigenvalue weighted by Crippen LogP contribution is 2.68. The maximum absolute atomic E-state index is 12.5. The number of ether oxygens (including phenoxy) is 1. The molecule has 1 aliphatic heterocycles. The number of hydrogen-bond donors (Lipinski definition) is 0. The molecule has 1 saturated heterocycles. The first-order valence-electron chi connectivity index (χ1n) is 13.0. The van der Waals surface area contributed by atoms with Crippen LogP contribution in [-0.2, 0) is 4.74 Å². The standard InChI is InChI=1S/C27H44N2O2/c1-17(2)31-25(30)29(6)20-11-13-26(4)19(15-20)7-8-21-23(26)12-14-27-16-28(5)18(3)22(27)9-10-24(21)27/h7,17-18,20-24H,8-16H2,1-6H3. The van der Waals surface area contributed by atoms with Crippen molar-refractivity contribution in [2.24, 2.45) is 34.5 Å². The summed E-state index contributed by atoms with van der Waals surface area (Å²) in [4.78, 5) is 17.0. The van der Waals surface area contributed by atoms with E-state index < -0.39 is 0 Å². The fourth-order valence-electron chi connectivity index (χ4n) is 9.21. The predicted octanol–water partition coefficient (Wildman–Crippen LogP) is 5.72. The first-order valence-corrected chi connectivity index (χ1v) is 13.0. The van der Waals surface area contributed by atoms with Crippen LogP contribution >= 0.6 is 0 Å². The molecule has 5 aliphatic rings. The van der Waals surface area contributed by atoms with Crippen LogP contribution in [0.15, 0.2) is 11.6 Å². The normalized spacial score (nSPS) is 46.6. The van der Waals surface area contributed by atoms with E-state index in [0.29, 0.717) is 10.8 Å². The second-order valence-electron chi connectivity index (χ2n) is 12.3. The summed E-state index contributed by atoms with van der Waals surface area (Å²) in [5.41, 5.74) is 2.60. The van der Waals surface area contributed by atoms with Crippen molar-refractivity contribution in [1.29, 1.82) is 0 Å². The molecular weight excluding hydrogens is 384 g/mol. The number of rotatable bonds is 2. The van der Waals surface area contributed by atoms with Gasteiger partial charge in [-0.25, -0.2) is 4.79 Å². The maximum atomic E-state index is 12.5. The molecule has 0 aromatic rings. The molecule has 0 radical (unpaired) electrons. The van der Waals surface area contributed by atoms with E-state index in [-0.39, 0.29) is 18.2 Å². The third-order valence-electron chi connectivity index (χ3n) is 10.9. The topological polar surface area (TPSA) is 32.8 Å². The molecule has 0 N–H and O–H groups in total. The van der Waals surface area contributed by atoms with Gasteiger partial charge in [0.05, 0.1) is 6.10 Å². The predicted molar refractivity (Wildman–Crippen MR) is 125 cm³/mol. The van der Waals surface area contributed by atoms with E-state index in [1.165, 1.54) is 45.1 Å². The van der Waals surface area contributed by atoms with Crippen LogP contribution in [0.1, 0.15) is 79.1 Å². The zero-order chi connectivity index (χ0) is 22.1. The van der Waals surface area contributed by atoms with Crippen molar-refractivity contribution in [3.63, 3.8) is 0 Å². The smallest absolute Gasteiger partial charge is 0.410 e. The number of carbonyl (C=O) groups is 1. The molecule has 3 saturated carbocycles. The highest BCUT2D eigenvalue weighted by atomic mass is 16.6. The van der Waals surface area contributed by atoms with E-state index in [4.69, 9.17) is 4.74 Å². The Labute approximate surface area is 189 Å². The molecule has 1 spiro atoms. The van der Waals surface area contributed by atoms with Crippen molar-refractivity contribution in [3.05, 3.63) is 11.6 Å². The summed E-state index contributed by atoms with van der Waals surface area (Å²) in [7, 11) is 4.30. The van der Waals surface area contributed by atoms with Gasteiger partial charge in [-0.05, 0) is 114 Å². The van der Waals surface area contributed by atoms with Crippen molar-refractivity contribution in [1.82, 2.24) is 9.80 Å². The van der Waals surface area contributed by atoms with E-state index in [1.807, 2.05) is 25.8 Å². The van der Waals surface area contributed by atoms with Gasteiger partial charge in [0, 0.05) is 25.7 Å². The van der Waals surface area contributed by atoms with Gasteiger partial charge in [-0.3, -0.25) is 0 Å². The number of nitrogens with zero attached hydrogens (tertiary/aromatic N) is 2. The van der Waals surface area contributed by atoms with E-state index >= 15 is 0 Å². The average molecular weight is 429 g/mol. The van der Waals surface area contributed by atoms with Gasteiger partial charge in [0.15, 0.2) is 0 Å². The summed E-state index contributed by atoms with van der Waals surface area (Å²) in [5.74, 6) is 3.58. The first-order chi connectivity index (χ1) is 14.7. The highest BCUT2D eigenvalue weighted by Gasteiger charge is 2.64. The van der Waals surface area contributed by atoms with Gasteiger partial charge >= 0.3 is 6.09 Å². The average Bonchev–Trinajstić information content (AvgIpc) is 3.20. The number of fused-ring (bicyclic) bond motifs is 4. The van der Waals surface area contributed by atoms with Crippen molar-refractivity contribution >= 4 is 6.09 Å². The van der Waals surface area contributed by atoms with Crippen LogP contribution in [0.2, 0.25) is 0 Å². The Balaban J connectivity index is 1.35. The van der Waals surface area contributed by atoms with Crippen LogP contribution in [0.4, 0.5) is 4.79 Å². The number of carbonyl (C=O) groups excluding carboxylic acids is 1. The Bertz CT molecular complexity index is 762. The van der Waals surface area contributed by atoms with E-state index in [2.05, 4.69) is 31.9 Å². The van der Waals surface area contributed by atoms with Crippen molar-refractivity contribution in [2.75, 3.05) is 20.6 Å². The molecule has 1 amide bonds. The van der Waals surface area contributed by atoms with Crippen molar-refractivity contribution in [2.45, 2.75) is 97.2 Å². The van der Waals surface area contributed by atoms with Gasteiger partial charge in [-0.15, -0.1) is 0 Å². The molecule has 4 heteroatoms. The quantitative estimate of drug-likeness (QED) is 0.527. The molecule has 4 aliphatic carbocycles. The summed E-state index contributed by atoms with van der Waals surface area (Å²) in [6, 6.07) is 1.06. The summed E-state index contributed by atoms with van der Waals surface area (Å²) < 4.78 is 5.48. The Morgan fingerprint density at radius 3 is 2.65 bits per heavy atom. The molecular formula is C27H44N2O2. The third kappa shape index (κ3) is 3.14. The molecule has 31 heavy (non-hydrogen) atoms. The molecule has 0 aromatic carbocycles. The third-order valence-corrected chi connectivity index (χ3v) is 10.9. The lowest BCUT2D eigenvalue weighted by molar-refractivity contribution is -0.0438. The molecule has 8 atom stereocenters.